The fourth-order valence-electron chi connectivity index (χ4n) is 3.99. The van der Waals surface area contributed by atoms with E-state index in [1.54, 1.807) is 7.11 Å². The molecule has 0 amide bonds. The van der Waals surface area contributed by atoms with E-state index in [-0.39, 0.29) is 12.0 Å². The normalized spacial score (nSPS) is 30.2. The van der Waals surface area contributed by atoms with Crippen LogP contribution < -0.4 is 10.1 Å². The minimum atomic E-state index is -0.0120. The molecule has 4 heteroatoms. The van der Waals surface area contributed by atoms with Crippen molar-refractivity contribution in [2.45, 2.75) is 45.4 Å². The molecule has 0 radical (unpaired) electrons. The lowest BCUT2D eigenvalue weighted by Crippen LogP contribution is -2.67. The van der Waals surface area contributed by atoms with Crippen molar-refractivity contribution in [3.8, 4) is 5.75 Å². The van der Waals surface area contributed by atoms with Gasteiger partial charge in [0, 0.05) is 35.2 Å². The van der Waals surface area contributed by atoms with E-state index in [0.29, 0.717) is 18.1 Å². The molecule has 2 fully saturated rings. The van der Waals surface area contributed by atoms with Crippen molar-refractivity contribution in [3.05, 3.63) is 23.8 Å². The predicted octanol–water partition coefficient (Wildman–Crippen LogP) is 2.80. The van der Waals surface area contributed by atoms with Crippen LogP contribution in [0, 0.1) is 11.3 Å². The Labute approximate surface area is 126 Å². The van der Waals surface area contributed by atoms with Gasteiger partial charge in [-0.25, -0.2) is 0 Å². The number of nitrogens with one attached hydrogen (secondary N) is 1. The van der Waals surface area contributed by atoms with Crippen LogP contribution in [0.1, 0.15) is 32.3 Å². The van der Waals surface area contributed by atoms with Crippen LogP contribution in [0.4, 0.5) is 5.69 Å². The average molecular weight is 291 g/mol. The van der Waals surface area contributed by atoms with Crippen LogP contribution in [-0.2, 0) is 11.3 Å². The molecular weight excluding hydrogens is 266 g/mol. The van der Waals surface area contributed by atoms with Gasteiger partial charge >= 0.3 is 0 Å². The zero-order valence-corrected chi connectivity index (χ0v) is 13.1. The minimum absolute atomic E-state index is 0.0120. The lowest BCUT2D eigenvalue weighted by Gasteiger charge is -2.60. The highest BCUT2D eigenvalue weighted by molar-refractivity contribution is 5.52. The van der Waals surface area contributed by atoms with Crippen LogP contribution >= 0.6 is 0 Å². The Balaban J connectivity index is 1.77. The van der Waals surface area contributed by atoms with Crippen molar-refractivity contribution in [2.24, 2.45) is 11.3 Å². The third kappa shape index (κ3) is 2.40. The maximum atomic E-state index is 9.44. The molecule has 2 N–H and O–H groups in total. The molecule has 1 heterocycles. The molecule has 3 atom stereocenters. The lowest BCUT2D eigenvalue weighted by molar-refractivity contribution is -0.177. The molecule has 116 valence electrons. The molecule has 1 saturated carbocycles. The first kappa shape index (κ1) is 14.7. The Morgan fingerprint density at radius 1 is 1.43 bits per heavy atom. The van der Waals surface area contributed by atoms with E-state index >= 15 is 0 Å². The van der Waals surface area contributed by atoms with Crippen LogP contribution in [-0.4, -0.2) is 31.0 Å². The third-order valence-corrected chi connectivity index (χ3v) is 5.10. The fourth-order valence-corrected chi connectivity index (χ4v) is 3.99. The molecule has 0 spiro atoms. The second kappa shape index (κ2) is 5.50. The molecule has 0 bridgehead atoms. The van der Waals surface area contributed by atoms with Gasteiger partial charge in [-0.3, -0.25) is 0 Å². The summed E-state index contributed by atoms with van der Waals surface area (Å²) in [5.74, 6) is 1.32. The smallest absolute Gasteiger partial charge is 0.124 e. The van der Waals surface area contributed by atoms with Crippen molar-refractivity contribution >= 4 is 5.69 Å². The number of aliphatic hydroxyl groups is 1. The third-order valence-electron chi connectivity index (χ3n) is 5.10. The monoisotopic (exact) mass is 291 g/mol. The van der Waals surface area contributed by atoms with Crippen molar-refractivity contribution in [1.29, 1.82) is 0 Å². The number of anilines is 1. The maximum Gasteiger partial charge on any atom is 0.124 e. The first-order valence-electron chi connectivity index (χ1n) is 7.74. The first-order valence-corrected chi connectivity index (χ1v) is 7.74. The molecule has 21 heavy (non-hydrogen) atoms. The Morgan fingerprint density at radius 3 is 2.95 bits per heavy atom. The SMILES string of the molecule is COc1ccc(NC2C3CCCOC3C2(C)C)cc1CO. The number of hydrogen-bond acceptors (Lipinski definition) is 4. The molecule has 2 aliphatic rings. The average Bonchev–Trinajstić information content (AvgIpc) is 2.52. The molecule has 3 unspecified atom stereocenters. The van der Waals surface area contributed by atoms with E-state index in [2.05, 4.69) is 19.2 Å². The fraction of sp³-hybridized carbons (Fsp3) is 0.647. The van der Waals surface area contributed by atoms with Crippen LogP contribution in [0.2, 0.25) is 0 Å². The summed E-state index contributed by atoms with van der Waals surface area (Å²) in [4.78, 5) is 0. The molecular formula is C17H25NO3. The largest absolute Gasteiger partial charge is 0.496 e. The molecule has 3 rings (SSSR count). The lowest BCUT2D eigenvalue weighted by atomic mass is 9.55. The van der Waals surface area contributed by atoms with Gasteiger partial charge < -0.3 is 19.9 Å². The summed E-state index contributed by atoms with van der Waals surface area (Å²) in [5, 5.41) is 13.1. The quantitative estimate of drug-likeness (QED) is 0.895. The van der Waals surface area contributed by atoms with Gasteiger partial charge in [0.25, 0.3) is 0 Å². The summed E-state index contributed by atoms with van der Waals surface area (Å²) in [6.07, 6.45) is 2.76. The number of rotatable bonds is 4. The van der Waals surface area contributed by atoms with Gasteiger partial charge in [0.2, 0.25) is 0 Å². The van der Waals surface area contributed by atoms with Gasteiger partial charge in [0.15, 0.2) is 0 Å². The number of hydrogen-bond donors (Lipinski definition) is 2. The minimum Gasteiger partial charge on any atom is -0.496 e. The van der Waals surface area contributed by atoms with Crippen molar-refractivity contribution in [2.75, 3.05) is 19.0 Å². The second-order valence-corrected chi connectivity index (χ2v) is 6.73. The Morgan fingerprint density at radius 2 is 2.24 bits per heavy atom. The van der Waals surface area contributed by atoms with E-state index in [1.165, 1.54) is 6.42 Å². The van der Waals surface area contributed by atoms with E-state index < -0.39 is 0 Å². The van der Waals surface area contributed by atoms with Gasteiger partial charge in [0.05, 0.1) is 19.8 Å². The summed E-state index contributed by atoms with van der Waals surface area (Å²) >= 11 is 0. The van der Waals surface area contributed by atoms with Crippen molar-refractivity contribution < 1.29 is 14.6 Å². The molecule has 4 nitrogen and oxygen atoms in total. The molecule has 1 aliphatic heterocycles. The second-order valence-electron chi connectivity index (χ2n) is 6.73. The Kier molecular flexibility index (Phi) is 3.84. The van der Waals surface area contributed by atoms with E-state index in [1.807, 2.05) is 18.2 Å². The maximum absolute atomic E-state index is 9.44. The Hall–Kier alpha value is -1.26. The number of benzene rings is 1. The molecule has 1 aromatic carbocycles. The number of fused-ring (bicyclic) bond motifs is 1. The zero-order valence-electron chi connectivity index (χ0n) is 13.1. The Bertz CT molecular complexity index is 515. The van der Waals surface area contributed by atoms with Gasteiger partial charge in [-0.2, -0.15) is 0 Å². The predicted molar refractivity (Wildman–Crippen MR) is 82.6 cm³/mol. The van der Waals surface area contributed by atoms with Gasteiger partial charge in [-0.05, 0) is 31.0 Å². The van der Waals surface area contributed by atoms with E-state index in [9.17, 15) is 5.11 Å². The summed E-state index contributed by atoms with van der Waals surface area (Å²) < 4.78 is 11.2. The van der Waals surface area contributed by atoms with Crippen LogP contribution in [0.15, 0.2) is 18.2 Å². The summed E-state index contributed by atoms with van der Waals surface area (Å²) in [5.41, 5.74) is 2.00. The number of aliphatic hydroxyl groups excluding tert-OH is 1. The van der Waals surface area contributed by atoms with E-state index in [0.717, 1.165) is 30.0 Å². The zero-order chi connectivity index (χ0) is 15.0. The molecule has 1 aliphatic carbocycles. The van der Waals surface area contributed by atoms with Crippen LogP contribution in [0.3, 0.4) is 0 Å². The summed E-state index contributed by atoms with van der Waals surface area (Å²) in [7, 11) is 1.63. The topological polar surface area (TPSA) is 50.7 Å². The van der Waals surface area contributed by atoms with Gasteiger partial charge in [-0.1, -0.05) is 13.8 Å². The number of methoxy groups -OCH3 is 1. The van der Waals surface area contributed by atoms with Crippen LogP contribution in [0.25, 0.3) is 0 Å². The summed E-state index contributed by atoms with van der Waals surface area (Å²) in [6, 6.07) is 6.33. The highest BCUT2D eigenvalue weighted by Gasteiger charge is 2.57. The van der Waals surface area contributed by atoms with Crippen molar-refractivity contribution in [3.63, 3.8) is 0 Å². The summed E-state index contributed by atoms with van der Waals surface area (Å²) in [6.45, 7) is 5.43. The molecule has 1 saturated heterocycles. The van der Waals surface area contributed by atoms with Crippen LogP contribution in [0.5, 0.6) is 5.75 Å². The molecule has 1 aromatic rings. The van der Waals surface area contributed by atoms with Gasteiger partial charge in [0.1, 0.15) is 5.75 Å². The molecule has 0 aromatic heterocycles. The van der Waals surface area contributed by atoms with E-state index in [4.69, 9.17) is 9.47 Å². The van der Waals surface area contributed by atoms with Crippen molar-refractivity contribution in [1.82, 2.24) is 0 Å². The standard InChI is InChI=1S/C17H25NO3/c1-17(2)15(13-5-4-8-21-16(13)17)18-12-6-7-14(20-3)11(9-12)10-19/h6-7,9,13,15-16,18-19H,4-5,8,10H2,1-3H3. The number of ether oxygens (including phenoxy) is 2. The first-order chi connectivity index (χ1) is 10.1. The van der Waals surface area contributed by atoms with Gasteiger partial charge in [-0.15, -0.1) is 0 Å². The highest BCUT2D eigenvalue weighted by atomic mass is 16.5. The highest BCUT2D eigenvalue weighted by Crippen LogP contribution is 2.52.